The quantitative estimate of drug-likeness (QED) is 0.460. The molecule has 0 aromatic heterocycles. The average molecular weight is 480 g/mol. The number of rotatable bonds is 5. The molecule has 1 aliphatic rings. The van der Waals surface area contributed by atoms with E-state index < -0.39 is 6.10 Å². The fraction of sp³-hybridized carbons (Fsp3) is 0.250. The van der Waals surface area contributed by atoms with Crippen LogP contribution in [0.1, 0.15) is 23.3 Å². The Morgan fingerprint density at radius 3 is 2.26 bits per heavy atom. The Balaban J connectivity index is 1.58. The van der Waals surface area contributed by atoms with Crippen LogP contribution < -0.4 is 4.90 Å². The van der Waals surface area contributed by atoms with Crippen molar-refractivity contribution < 1.29 is 9.50 Å². The van der Waals surface area contributed by atoms with Gasteiger partial charge in [-0.2, -0.15) is 0 Å². The molecule has 3 nitrogen and oxygen atoms in total. The number of piperazine rings is 1. The van der Waals surface area contributed by atoms with Crippen LogP contribution in [0.25, 0.3) is 0 Å². The molecule has 0 bridgehead atoms. The Hall–Kier alpha value is -1.82. The Kier molecular flexibility index (Phi) is 7.05. The first-order valence-corrected chi connectivity index (χ1v) is 11.2. The number of anilines is 1. The molecule has 7 heteroatoms. The second kappa shape index (κ2) is 9.76. The molecule has 162 valence electrons. The SMILES string of the molecule is O[C@@H](CN1CCN(c2ccc(Cl)cc2Cl)[C@H](c2ccc(Cl)cc2)C1)c1ccc(F)cc1. The third kappa shape index (κ3) is 5.33. The lowest BCUT2D eigenvalue weighted by Crippen LogP contribution is -2.49. The van der Waals surface area contributed by atoms with Crippen molar-refractivity contribution in [2.24, 2.45) is 0 Å². The van der Waals surface area contributed by atoms with Gasteiger partial charge in [0, 0.05) is 36.2 Å². The maximum absolute atomic E-state index is 13.2. The number of aliphatic hydroxyl groups is 1. The predicted octanol–water partition coefficient (Wildman–Crippen LogP) is 6.38. The number of halogens is 4. The standard InChI is InChI=1S/C24H22Cl3FN2O/c25-18-5-1-16(2-6-18)23-14-29(15-24(31)17-3-8-20(28)9-4-17)11-12-30(23)22-10-7-19(26)13-21(22)27/h1-10,13,23-24,31H,11-12,14-15H2/t23-,24-/m0/s1. The number of aliphatic hydroxyl groups excluding tert-OH is 1. The van der Waals surface area contributed by atoms with E-state index >= 15 is 0 Å². The first-order valence-electron chi connectivity index (χ1n) is 10.0. The van der Waals surface area contributed by atoms with E-state index in [1.165, 1.54) is 12.1 Å². The molecule has 3 aromatic rings. The maximum Gasteiger partial charge on any atom is 0.123 e. The van der Waals surface area contributed by atoms with Crippen LogP contribution in [0.3, 0.4) is 0 Å². The van der Waals surface area contributed by atoms with Gasteiger partial charge in [0.2, 0.25) is 0 Å². The van der Waals surface area contributed by atoms with Gasteiger partial charge >= 0.3 is 0 Å². The molecule has 31 heavy (non-hydrogen) atoms. The first-order chi connectivity index (χ1) is 14.9. The van der Waals surface area contributed by atoms with Crippen LogP contribution in [0, 0.1) is 5.82 Å². The molecule has 0 aliphatic carbocycles. The lowest BCUT2D eigenvalue weighted by atomic mass is 10.0. The Labute approximate surface area is 196 Å². The van der Waals surface area contributed by atoms with Crippen LogP contribution in [-0.2, 0) is 0 Å². The van der Waals surface area contributed by atoms with Gasteiger partial charge in [0.1, 0.15) is 5.82 Å². The summed E-state index contributed by atoms with van der Waals surface area (Å²) in [5.41, 5.74) is 2.73. The van der Waals surface area contributed by atoms with Crippen molar-refractivity contribution in [2.75, 3.05) is 31.1 Å². The molecule has 0 unspecified atom stereocenters. The largest absolute Gasteiger partial charge is 0.387 e. The summed E-state index contributed by atoms with van der Waals surface area (Å²) in [6, 6.07) is 19.3. The number of hydrogen-bond acceptors (Lipinski definition) is 3. The highest BCUT2D eigenvalue weighted by Crippen LogP contribution is 2.37. The normalized spacial score (nSPS) is 18.2. The second-order valence-electron chi connectivity index (χ2n) is 7.68. The molecule has 3 aromatic carbocycles. The van der Waals surface area contributed by atoms with Crippen LogP contribution >= 0.6 is 34.8 Å². The van der Waals surface area contributed by atoms with Crippen molar-refractivity contribution >= 4 is 40.5 Å². The van der Waals surface area contributed by atoms with E-state index in [1.807, 2.05) is 36.4 Å². The number of hydrogen-bond donors (Lipinski definition) is 1. The zero-order valence-electron chi connectivity index (χ0n) is 16.7. The number of β-amino-alcohol motifs (C(OH)–C–C–N with tert-alkyl or cyclic N) is 1. The molecular weight excluding hydrogens is 458 g/mol. The molecule has 4 rings (SSSR count). The highest BCUT2D eigenvalue weighted by molar-refractivity contribution is 6.36. The minimum atomic E-state index is -0.697. The van der Waals surface area contributed by atoms with Gasteiger partial charge in [-0.1, -0.05) is 59.1 Å². The molecule has 1 N–H and O–H groups in total. The molecule has 1 heterocycles. The fourth-order valence-electron chi connectivity index (χ4n) is 4.01. The minimum Gasteiger partial charge on any atom is -0.387 e. The average Bonchev–Trinajstić information content (AvgIpc) is 2.75. The van der Waals surface area contributed by atoms with E-state index in [0.29, 0.717) is 33.7 Å². The fourth-order valence-corrected chi connectivity index (χ4v) is 4.66. The van der Waals surface area contributed by atoms with Crippen LogP contribution in [0.15, 0.2) is 66.7 Å². The molecule has 2 atom stereocenters. The molecule has 0 saturated carbocycles. The van der Waals surface area contributed by atoms with E-state index in [1.54, 1.807) is 18.2 Å². The van der Waals surface area contributed by atoms with Crippen molar-refractivity contribution in [2.45, 2.75) is 12.1 Å². The predicted molar refractivity (Wildman–Crippen MR) is 126 cm³/mol. The van der Waals surface area contributed by atoms with E-state index in [2.05, 4.69) is 9.80 Å². The van der Waals surface area contributed by atoms with Gasteiger partial charge in [-0.05, 0) is 53.6 Å². The monoisotopic (exact) mass is 478 g/mol. The van der Waals surface area contributed by atoms with Crippen LogP contribution in [0.4, 0.5) is 10.1 Å². The van der Waals surface area contributed by atoms with Crippen LogP contribution in [-0.4, -0.2) is 36.2 Å². The summed E-state index contributed by atoms with van der Waals surface area (Å²) in [5.74, 6) is -0.313. The van der Waals surface area contributed by atoms with E-state index in [-0.39, 0.29) is 11.9 Å². The smallest absolute Gasteiger partial charge is 0.123 e. The molecule has 1 fully saturated rings. The van der Waals surface area contributed by atoms with Gasteiger partial charge in [-0.15, -0.1) is 0 Å². The number of benzene rings is 3. The third-order valence-corrected chi connectivity index (χ3v) is 6.41. The van der Waals surface area contributed by atoms with Gasteiger partial charge in [-0.25, -0.2) is 4.39 Å². The van der Waals surface area contributed by atoms with Gasteiger partial charge in [0.15, 0.2) is 0 Å². The van der Waals surface area contributed by atoms with Gasteiger partial charge in [-0.3, -0.25) is 4.90 Å². The summed E-state index contributed by atoms with van der Waals surface area (Å²) < 4.78 is 13.2. The van der Waals surface area contributed by atoms with Gasteiger partial charge < -0.3 is 10.0 Å². The molecule has 0 spiro atoms. The molecule has 1 aliphatic heterocycles. The van der Waals surface area contributed by atoms with Crippen LogP contribution in [0.2, 0.25) is 15.1 Å². The second-order valence-corrected chi connectivity index (χ2v) is 8.96. The Bertz CT molecular complexity index is 1030. The minimum absolute atomic E-state index is 0.0186. The first kappa shape index (κ1) is 22.4. The van der Waals surface area contributed by atoms with Gasteiger partial charge in [0.25, 0.3) is 0 Å². The third-order valence-electron chi connectivity index (χ3n) is 5.62. The number of nitrogens with zero attached hydrogens (tertiary/aromatic N) is 2. The summed E-state index contributed by atoms with van der Waals surface area (Å²) in [5, 5.41) is 12.6. The van der Waals surface area contributed by atoms with E-state index in [0.717, 1.165) is 24.3 Å². The van der Waals surface area contributed by atoms with E-state index in [9.17, 15) is 9.50 Å². The highest BCUT2D eigenvalue weighted by atomic mass is 35.5. The zero-order valence-corrected chi connectivity index (χ0v) is 19.0. The molecule has 1 saturated heterocycles. The summed E-state index contributed by atoms with van der Waals surface area (Å²) in [6.07, 6.45) is -0.697. The Morgan fingerprint density at radius 2 is 1.58 bits per heavy atom. The summed E-state index contributed by atoms with van der Waals surface area (Å²) in [6.45, 7) is 2.63. The van der Waals surface area contributed by atoms with E-state index in [4.69, 9.17) is 34.8 Å². The zero-order chi connectivity index (χ0) is 22.0. The molecule has 0 amide bonds. The summed E-state index contributed by atoms with van der Waals surface area (Å²) >= 11 is 18.7. The van der Waals surface area contributed by atoms with Crippen LogP contribution in [0.5, 0.6) is 0 Å². The van der Waals surface area contributed by atoms with Crippen molar-refractivity contribution in [3.63, 3.8) is 0 Å². The van der Waals surface area contributed by atoms with Crippen molar-refractivity contribution in [3.8, 4) is 0 Å². The lowest BCUT2D eigenvalue weighted by molar-refractivity contribution is 0.100. The molecular formula is C24H22Cl3FN2O. The topological polar surface area (TPSA) is 26.7 Å². The Morgan fingerprint density at radius 1 is 0.903 bits per heavy atom. The molecule has 0 radical (unpaired) electrons. The van der Waals surface area contributed by atoms with Gasteiger partial charge in [0.05, 0.1) is 22.9 Å². The lowest BCUT2D eigenvalue weighted by Gasteiger charge is -2.44. The van der Waals surface area contributed by atoms with Crippen molar-refractivity contribution in [3.05, 3.63) is 98.7 Å². The maximum atomic E-state index is 13.2. The highest BCUT2D eigenvalue weighted by Gasteiger charge is 2.30. The van der Waals surface area contributed by atoms with Crippen molar-refractivity contribution in [1.82, 2.24) is 4.90 Å². The summed E-state index contributed by atoms with van der Waals surface area (Å²) in [7, 11) is 0. The van der Waals surface area contributed by atoms with Crippen molar-refractivity contribution in [1.29, 1.82) is 0 Å². The summed E-state index contributed by atoms with van der Waals surface area (Å²) in [4.78, 5) is 4.48.